The van der Waals surface area contributed by atoms with Crippen molar-refractivity contribution >= 4 is 5.97 Å². The lowest BCUT2D eigenvalue weighted by Crippen LogP contribution is -2.37. The number of carboxylic acids is 1. The van der Waals surface area contributed by atoms with Crippen molar-refractivity contribution in [1.82, 2.24) is 5.32 Å². The summed E-state index contributed by atoms with van der Waals surface area (Å²) in [6, 6.07) is 1.42. The first-order valence-electron chi connectivity index (χ1n) is 5.69. The number of hydrogen-bond donors (Lipinski definition) is 3. The number of rotatable bonds is 7. The molecule has 5 nitrogen and oxygen atoms in total. The molecule has 1 aromatic rings. The molecule has 0 spiro atoms. The second kappa shape index (κ2) is 5.84. The number of hydrogen-bond acceptors (Lipinski definition) is 4. The molecule has 17 heavy (non-hydrogen) atoms. The van der Waals surface area contributed by atoms with Crippen molar-refractivity contribution in [2.75, 3.05) is 6.54 Å². The number of carboxylic acid groups (broad SMARTS) is 1. The van der Waals surface area contributed by atoms with Crippen molar-refractivity contribution in [3.63, 3.8) is 0 Å². The molecule has 0 radical (unpaired) electrons. The highest BCUT2D eigenvalue weighted by Crippen LogP contribution is 2.12. The van der Waals surface area contributed by atoms with Crippen LogP contribution < -0.4 is 5.32 Å². The number of nitrogens with one attached hydrogen (secondary N) is 1. The van der Waals surface area contributed by atoms with E-state index >= 15 is 0 Å². The molecule has 96 valence electrons. The van der Waals surface area contributed by atoms with Crippen LogP contribution in [0.2, 0.25) is 0 Å². The third-order valence-electron chi connectivity index (χ3n) is 2.56. The SMILES string of the molecule is CCCC(C)(O)CNCc1occc1C(=O)O. The van der Waals surface area contributed by atoms with Crippen LogP contribution in [-0.4, -0.2) is 28.3 Å². The van der Waals surface area contributed by atoms with E-state index in [1.807, 2.05) is 6.92 Å². The normalized spacial score (nSPS) is 14.5. The van der Waals surface area contributed by atoms with Crippen LogP contribution in [0.3, 0.4) is 0 Å². The van der Waals surface area contributed by atoms with Crippen LogP contribution in [-0.2, 0) is 6.54 Å². The minimum Gasteiger partial charge on any atom is -0.478 e. The van der Waals surface area contributed by atoms with E-state index in [9.17, 15) is 9.90 Å². The second-order valence-electron chi connectivity index (χ2n) is 4.41. The van der Waals surface area contributed by atoms with Gasteiger partial charge in [-0.3, -0.25) is 0 Å². The molecule has 0 saturated carbocycles. The van der Waals surface area contributed by atoms with Gasteiger partial charge in [0.25, 0.3) is 0 Å². The average Bonchev–Trinajstić information content (AvgIpc) is 2.65. The minimum atomic E-state index is -1.00. The Morgan fingerprint density at radius 2 is 2.29 bits per heavy atom. The Morgan fingerprint density at radius 1 is 1.59 bits per heavy atom. The molecule has 1 heterocycles. The topological polar surface area (TPSA) is 82.7 Å². The fraction of sp³-hybridized carbons (Fsp3) is 0.583. The van der Waals surface area contributed by atoms with Crippen LogP contribution in [0.5, 0.6) is 0 Å². The van der Waals surface area contributed by atoms with Gasteiger partial charge in [0, 0.05) is 6.54 Å². The maximum atomic E-state index is 10.8. The molecular formula is C12H19NO4. The lowest BCUT2D eigenvalue weighted by Gasteiger charge is -2.22. The van der Waals surface area contributed by atoms with Crippen molar-refractivity contribution in [3.8, 4) is 0 Å². The molecule has 1 atom stereocenters. The van der Waals surface area contributed by atoms with Crippen LogP contribution in [0.4, 0.5) is 0 Å². The quantitative estimate of drug-likeness (QED) is 0.675. The molecule has 0 aromatic carbocycles. The molecule has 0 fully saturated rings. The highest BCUT2D eigenvalue weighted by molar-refractivity contribution is 5.88. The van der Waals surface area contributed by atoms with E-state index in [0.29, 0.717) is 25.3 Å². The highest BCUT2D eigenvalue weighted by Gasteiger charge is 2.19. The third-order valence-corrected chi connectivity index (χ3v) is 2.56. The standard InChI is InChI=1S/C12H19NO4/c1-3-5-12(2,16)8-13-7-10-9(11(14)15)4-6-17-10/h4,6,13,16H,3,5,7-8H2,1-2H3,(H,14,15). The molecule has 3 N–H and O–H groups in total. The summed E-state index contributed by atoms with van der Waals surface area (Å²) in [5, 5.41) is 21.8. The van der Waals surface area contributed by atoms with Gasteiger partial charge in [0.15, 0.2) is 0 Å². The summed E-state index contributed by atoms with van der Waals surface area (Å²) in [7, 11) is 0. The summed E-state index contributed by atoms with van der Waals surface area (Å²) in [6.45, 7) is 4.46. The van der Waals surface area contributed by atoms with Gasteiger partial charge in [0.2, 0.25) is 0 Å². The molecule has 0 saturated heterocycles. The zero-order valence-electron chi connectivity index (χ0n) is 10.2. The van der Waals surface area contributed by atoms with Crippen LogP contribution in [0.15, 0.2) is 16.7 Å². The van der Waals surface area contributed by atoms with E-state index in [2.05, 4.69) is 5.32 Å². The average molecular weight is 241 g/mol. The molecule has 0 aliphatic heterocycles. The van der Waals surface area contributed by atoms with Crippen molar-refractivity contribution in [1.29, 1.82) is 0 Å². The fourth-order valence-corrected chi connectivity index (χ4v) is 1.74. The Labute approximate surface area is 100 Å². The summed E-state index contributed by atoms with van der Waals surface area (Å²) in [6.07, 6.45) is 2.95. The van der Waals surface area contributed by atoms with E-state index in [0.717, 1.165) is 6.42 Å². The van der Waals surface area contributed by atoms with E-state index in [1.165, 1.54) is 12.3 Å². The first-order valence-corrected chi connectivity index (χ1v) is 5.69. The zero-order chi connectivity index (χ0) is 12.9. The van der Waals surface area contributed by atoms with E-state index in [1.54, 1.807) is 6.92 Å². The molecular weight excluding hydrogens is 222 g/mol. The first kappa shape index (κ1) is 13.7. The van der Waals surface area contributed by atoms with Gasteiger partial charge in [0.1, 0.15) is 11.3 Å². The Hall–Kier alpha value is -1.33. The number of furan rings is 1. The molecule has 0 bridgehead atoms. The van der Waals surface area contributed by atoms with E-state index in [4.69, 9.17) is 9.52 Å². The maximum absolute atomic E-state index is 10.8. The summed E-state index contributed by atoms with van der Waals surface area (Å²) < 4.78 is 5.08. The molecule has 0 aliphatic rings. The van der Waals surface area contributed by atoms with Crippen LogP contribution in [0, 0.1) is 0 Å². The van der Waals surface area contributed by atoms with Gasteiger partial charge in [-0.2, -0.15) is 0 Å². The van der Waals surface area contributed by atoms with Gasteiger partial charge in [-0.1, -0.05) is 13.3 Å². The predicted octanol–water partition coefficient (Wildman–Crippen LogP) is 1.62. The molecule has 0 amide bonds. The smallest absolute Gasteiger partial charge is 0.339 e. The van der Waals surface area contributed by atoms with Gasteiger partial charge in [-0.25, -0.2) is 4.79 Å². The third kappa shape index (κ3) is 4.20. The van der Waals surface area contributed by atoms with Gasteiger partial charge in [-0.05, 0) is 19.4 Å². The van der Waals surface area contributed by atoms with Crippen LogP contribution in [0.1, 0.15) is 42.8 Å². The van der Waals surface area contributed by atoms with Gasteiger partial charge >= 0.3 is 5.97 Å². The van der Waals surface area contributed by atoms with E-state index < -0.39 is 11.6 Å². The van der Waals surface area contributed by atoms with Crippen molar-refractivity contribution in [2.45, 2.75) is 38.8 Å². The number of aromatic carboxylic acids is 1. The van der Waals surface area contributed by atoms with Crippen LogP contribution >= 0.6 is 0 Å². The fourth-order valence-electron chi connectivity index (χ4n) is 1.74. The van der Waals surface area contributed by atoms with Crippen molar-refractivity contribution in [2.24, 2.45) is 0 Å². The Balaban J connectivity index is 2.46. The van der Waals surface area contributed by atoms with Crippen LogP contribution in [0.25, 0.3) is 0 Å². The lowest BCUT2D eigenvalue weighted by molar-refractivity contribution is 0.0493. The number of aliphatic hydroxyl groups is 1. The maximum Gasteiger partial charge on any atom is 0.339 e. The molecule has 5 heteroatoms. The minimum absolute atomic E-state index is 0.160. The largest absolute Gasteiger partial charge is 0.478 e. The zero-order valence-corrected chi connectivity index (χ0v) is 10.2. The molecule has 1 rings (SSSR count). The first-order chi connectivity index (χ1) is 7.96. The predicted molar refractivity (Wildman–Crippen MR) is 62.9 cm³/mol. The number of carbonyl (C=O) groups is 1. The lowest BCUT2D eigenvalue weighted by atomic mass is 10.0. The summed E-state index contributed by atoms with van der Waals surface area (Å²) in [4.78, 5) is 10.8. The summed E-state index contributed by atoms with van der Waals surface area (Å²) in [5.74, 6) is -0.624. The molecule has 0 aliphatic carbocycles. The van der Waals surface area contributed by atoms with Gasteiger partial charge < -0.3 is 19.9 Å². The van der Waals surface area contributed by atoms with Crippen molar-refractivity contribution in [3.05, 3.63) is 23.7 Å². The van der Waals surface area contributed by atoms with E-state index in [-0.39, 0.29) is 5.56 Å². The Bertz CT molecular complexity index is 370. The van der Waals surface area contributed by atoms with Crippen molar-refractivity contribution < 1.29 is 19.4 Å². The Morgan fingerprint density at radius 3 is 2.88 bits per heavy atom. The monoisotopic (exact) mass is 241 g/mol. The summed E-state index contributed by atoms with van der Waals surface area (Å²) >= 11 is 0. The Kier molecular flexibility index (Phi) is 4.72. The molecule has 1 aromatic heterocycles. The highest BCUT2D eigenvalue weighted by atomic mass is 16.4. The second-order valence-corrected chi connectivity index (χ2v) is 4.41. The van der Waals surface area contributed by atoms with Gasteiger partial charge in [0.05, 0.1) is 18.4 Å². The summed E-state index contributed by atoms with van der Waals surface area (Å²) in [5.41, 5.74) is -0.613. The molecule has 1 unspecified atom stereocenters. The van der Waals surface area contributed by atoms with Gasteiger partial charge in [-0.15, -0.1) is 0 Å².